The van der Waals surface area contributed by atoms with Crippen molar-refractivity contribution in [3.8, 4) is 5.75 Å². The van der Waals surface area contributed by atoms with Gasteiger partial charge in [0.1, 0.15) is 12.4 Å². The molecule has 0 saturated carbocycles. The van der Waals surface area contributed by atoms with Crippen molar-refractivity contribution in [2.45, 2.75) is 13.5 Å². The molecule has 0 unspecified atom stereocenters. The van der Waals surface area contributed by atoms with Crippen molar-refractivity contribution in [1.82, 2.24) is 0 Å². The van der Waals surface area contributed by atoms with E-state index in [9.17, 15) is 9.90 Å². The van der Waals surface area contributed by atoms with Gasteiger partial charge in [-0.05, 0) is 36.2 Å². The molecule has 2 rings (SSSR count). The normalized spacial score (nSPS) is 10.1. The monoisotopic (exact) mass is 271 g/mol. The van der Waals surface area contributed by atoms with E-state index >= 15 is 0 Å². The number of hydrogen-bond donors (Lipinski definition) is 1. The first kappa shape index (κ1) is 13.9. The van der Waals surface area contributed by atoms with Gasteiger partial charge in [-0.15, -0.1) is 0 Å². The summed E-state index contributed by atoms with van der Waals surface area (Å²) >= 11 is 0. The number of hydrogen-bond acceptors (Lipinski definition) is 3. The van der Waals surface area contributed by atoms with Crippen LogP contribution in [0.2, 0.25) is 0 Å². The Morgan fingerprint density at radius 3 is 2.55 bits per heavy atom. The number of aryl methyl sites for hydroxylation is 1. The molecule has 0 saturated heterocycles. The molecule has 1 N–H and O–H groups in total. The van der Waals surface area contributed by atoms with Gasteiger partial charge in [0.05, 0.1) is 0 Å². The van der Waals surface area contributed by atoms with Crippen LogP contribution in [0.4, 0.5) is 10.5 Å². The second-order valence-corrected chi connectivity index (χ2v) is 4.57. The van der Waals surface area contributed by atoms with E-state index in [-0.39, 0.29) is 12.4 Å². The first-order valence-electron chi connectivity index (χ1n) is 6.32. The maximum Gasteiger partial charge on any atom is 0.414 e. The van der Waals surface area contributed by atoms with Crippen molar-refractivity contribution < 1.29 is 14.6 Å². The molecule has 0 aliphatic heterocycles. The van der Waals surface area contributed by atoms with Crippen LogP contribution >= 0.6 is 0 Å². The Hall–Kier alpha value is -2.49. The number of amides is 1. The third-order valence-corrected chi connectivity index (χ3v) is 3.05. The lowest BCUT2D eigenvalue weighted by Gasteiger charge is -2.18. The molecule has 0 aromatic heterocycles. The number of nitrogens with zero attached hydrogens (tertiary/aromatic N) is 1. The summed E-state index contributed by atoms with van der Waals surface area (Å²) in [6.07, 6.45) is -0.432. The van der Waals surface area contributed by atoms with Gasteiger partial charge in [-0.3, -0.25) is 4.90 Å². The average Bonchev–Trinajstić information content (AvgIpc) is 2.48. The molecule has 2 aromatic rings. The van der Waals surface area contributed by atoms with Gasteiger partial charge in [0, 0.05) is 12.7 Å². The maximum atomic E-state index is 12.0. The SMILES string of the molecule is Cc1cc(N(C)C(=O)OCc2ccccc2)ccc1O. The second kappa shape index (κ2) is 6.10. The van der Waals surface area contributed by atoms with Crippen molar-refractivity contribution in [3.05, 3.63) is 59.7 Å². The van der Waals surface area contributed by atoms with Crippen molar-refractivity contribution in [2.24, 2.45) is 0 Å². The van der Waals surface area contributed by atoms with E-state index in [2.05, 4.69) is 0 Å². The molecule has 0 heterocycles. The third-order valence-electron chi connectivity index (χ3n) is 3.05. The molecular weight excluding hydrogens is 254 g/mol. The lowest BCUT2D eigenvalue weighted by Crippen LogP contribution is -2.26. The first-order chi connectivity index (χ1) is 9.58. The molecule has 0 atom stereocenters. The minimum Gasteiger partial charge on any atom is -0.508 e. The summed E-state index contributed by atoms with van der Waals surface area (Å²) in [4.78, 5) is 13.4. The summed E-state index contributed by atoms with van der Waals surface area (Å²) in [5, 5.41) is 9.48. The molecule has 20 heavy (non-hydrogen) atoms. The van der Waals surface area contributed by atoms with Crippen molar-refractivity contribution in [2.75, 3.05) is 11.9 Å². The van der Waals surface area contributed by atoms with E-state index in [1.807, 2.05) is 30.3 Å². The van der Waals surface area contributed by atoms with Crippen molar-refractivity contribution in [1.29, 1.82) is 0 Å². The number of phenolic OH excluding ortho intramolecular Hbond substituents is 1. The molecule has 0 bridgehead atoms. The number of anilines is 1. The first-order valence-corrected chi connectivity index (χ1v) is 6.32. The van der Waals surface area contributed by atoms with Crippen LogP contribution in [-0.4, -0.2) is 18.2 Å². The smallest absolute Gasteiger partial charge is 0.414 e. The number of phenols is 1. The van der Waals surface area contributed by atoms with Crippen molar-refractivity contribution >= 4 is 11.8 Å². The summed E-state index contributed by atoms with van der Waals surface area (Å²) in [6, 6.07) is 14.5. The van der Waals surface area contributed by atoms with Gasteiger partial charge in [0.15, 0.2) is 0 Å². The Kier molecular flexibility index (Phi) is 4.25. The average molecular weight is 271 g/mol. The highest BCUT2D eigenvalue weighted by Gasteiger charge is 2.13. The second-order valence-electron chi connectivity index (χ2n) is 4.57. The summed E-state index contributed by atoms with van der Waals surface area (Å²) in [5.41, 5.74) is 2.33. The predicted molar refractivity (Wildman–Crippen MR) is 77.9 cm³/mol. The Morgan fingerprint density at radius 2 is 1.90 bits per heavy atom. The van der Waals surface area contributed by atoms with Gasteiger partial charge in [0.25, 0.3) is 0 Å². The van der Waals surface area contributed by atoms with Gasteiger partial charge in [0.2, 0.25) is 0 Å². The van der Waals surface area contributed by atoms with E-state index in [1.54, 1.807) is 32.2 Å². The molecule has 1 amide bonds. The van der Waals surface area contributed by atoms with Gasteiger partial charge in [-0.1, -0.05) is 30.3 Å². The van der Waals surface area contributed by atoms with E-state index in [1.165, 1.54) is 4.90 Å². The lowest BCUT2D eigenvalue weighted by molar-refractivity contribution is 0.148. The molecule has 0 fully saturated rings. The van der Waals surface area contributed by atoms with Gasteiger partial charge in [-0.2, -0.15) is 0 Å². The molecule has 104 valence electrons. The summed E-state index contributed by atoms with van der Waals surface area (Å²) in [6.45, 7) is 2.02. The number of ether oxygens (including phenoxy) is 1. The molecule has 4 nitrogen and oxygen atoms in total. The van der Waals surface area contributed by atoms with E-state index in [0.717, 1.165) is 5.56 Å². The largest absolute Gasteiger partial charge is 0.508 e. The fourth-order valence-electron chi connectivity index (χ4n) is 1.77. The Labute approximate surface area is 118 Å². The number of aromatic hydroxyl groups is 1. The van der Waals surface area contributed by atoms with E-state index in [0.29, 0.717) is 11.3 Å². The molecule has 4 heteroatoms. The van der Waals surface area contributed by atoms with Crippen LogP contribution in [0.15, 0.2) is 48.5 Å². The zero-order chi connectivity index (χ0) is 14.5. The van der Waals surface area contributed by atoms with Gasteiger partial charge >= 0.3 is 6.09 Å². The molecule has 2 aromatic carbocycles. The Bertz CT molecular complexity index is 596. The van der Waals surface area contributed by atoms with Crippen LogP contribution < -0.4 is 4.90 Å². The van der Waals surface area contributed by atoms with Crippen molar-refractivity contribution in [3.63, 3.8) is 0 Å². The van der Waals surface area contributed by atoms with Crippen LogP contribution in [0.5, 0.6) is 5.75 Å². The van der Waals surface area contributed by atoms with Gasteiger partial charge < -0.3 is 9.84 Å². The third kappa shape index (κ3) is 3.29. The fourth-order valence-corrected chi connectivity index (χ4v) is 1.77. The van der Waals surface area contributed by atoms with E-state index in [4.69, 9.17) is 4.74 Å². The van der Waals surface area contributed by atoms with Crippen LogP contribution in [0, 0.1) is 6.92 Å². The maximum absolute atomic E-state index is 12.0. The van der Waals surface area contributed by atoms with Crippen LogP contribution in [0.1, 0.15) is 11.1 Å². The minimum atomic E-state index is -0.432. The standard InChI is InChI=1S/C16H17NO3/c1-12-10-14(8-9-15(12)18)17(2)16(19)20-11-13-6-4-3-5-7-13/h3-10,18H,11H2,1-2H3. The zero-order valence-corrected chi connectivity index (χ0v) is 11.5. The molecule has 0 radical (unpaired) electrons. The lowest BCUT2D eigenvalue weighted by atomic mass is 10.2. The number of carbonyl (C=O) groups is 1. The molecule has 0 aliphatic rings. The number of rotatable bonds is 3. The zero-order valence-electron chi connectivity index (χ0n) is 11.5. The molecular formula is C16H17NO3. The quantitative estimate of drug-likeness (QED) is 0.929. The predicted octanol–water partition coefficient (Wildman–Crippen LogP) is 3.47. The van der Waals surface area contributed by atoms with Gasteiger partial charge in [-0.25, -0.2) is 4.79 Å². The highest BCUT2D eigenvalue weighted by atomic mass is 16.6. The Morgan fingerprint density at radius 1 is 1.20 bits per heavy atom. The van der Waals surface area contributed by atoms with Crippen LogP contribution in [-0.2, 0) is 11.3 Å². The topological polar surface area (TPSA) is 49.8 Å². The van der Waals surface area contributed by atoms with Crippen LogP contribution in [0.25, 0.3) is 0 Å². The summed E-state index contributed by atoms with van der Waals surface area (Å²) in [5.74, 6) is 0.208. The molecule has 0 aliphatic carbocycles. The van der Waals surface area contributed by atoms with E-state index < -0.39 is 6.09 Å². The van der Waals surface area contributed by atoms with Crippen LogP contribution in [0.3, 0.4) is 0 Å². The minimum absolute atomic E-state index is 0.208. The summed E-state index contributed by atoms with van der Waals surface area (Å²) < 4.78 is 5.24. The number of carbonyl (C=O) groups excluding carboxylic acids is 1. The highest BCUT2D eigenvalue weighted by Crippen LogP contribution is 2.23. The summed E-state index contributed by atoms with van der Waals surface area (Å²) in [7, 11) is 1.64. The highest BCUT2D eigenvalue weighted by molar-refractivity contribution is 5.87. The Balaban J connectivity index is 1.99. The molecule has 0 spiro atoms. The fraction of sp³-hybridized carbons (Fsp3) is 0.188. The number of benzene rings is 2.